The third-order valence-corrected chi connectivity index (χ3v) is 3.35. The Morgan fingerprint density at radius 1 is 1.25 bits per heavy atom. The molecule has 0 fully saturated rings. The van der Waals surface area contributed by atoms with Crippen molar-refractivity contribution in [2.45, 2.75) is 12.4 Å². The molecule has 0 spiro atoms. The molecule has 0 aliphatic rings. The largest absolute Gasteiger partial charge is 0.456 e. The minimum atomic E-state index is -0.934. The van der Waals surface area contributed by atoms with Crippen molar-refractivity contribution in [3.05, 3.63) is 65.5 Å². The number of aromatic nitrogens is 1. The average molecular weight is 289 g/mol. The molecule has 20 heavy (non-hydrogen) atoms. The Kier molecular flexibility index (Phi) is 5.01. The zero-order valence-electron chi connectivity index (χ0n) is 11.1. The molecule has 0 N–H and O–H groups in total. The quantitative estimate of drug-likeness (QED) is 0.793. The summed E-state index contributed by atoms with van der Waals surface area (Å²) in [6.45, 7) is 0.142. The molecule has 2 rings (SSSR count). The lowest BCUT2D eigenvalue weighted by Crippen LogP contribution is -2.06. The minimum absolute atomic E-state index is 0.142. The summed E-state index contributed by atoms with van der Waals surface area (Å²) in [6, 6.07) is 12.4. The number of hydrogen-bond donors (Lipinski definition) is 0. The maximum atomic E-state index is 11.9. The lowest BCUT2D eigenvalue weighted by atomic mass is 10.1. The molecule has 1 unspecified atom stereocenters. The smallest absolute Gasteiger partial charge is 0.338 e. The van der Waals surface area contributed by atoms with Crippen LogP contribution in [0.25, 0.3) is 0 Å². The van der Waals surface area contributed by atoms with Crippen LogP contribution in [0, 0.1) is 0 Å². The number of esters is 1. The van der Waals surface area contributed by atoms with Crippen molar-refractivity contribution in [1.82, 2.24) is 4.98 Å². The summed E-state index contributed by atoms with van der Waals surface area (Å²) < 4.78 is 16.4. The van der Waals surface area contributed by atoms with Crippen LogP contribution in [0.15, 0.2) is 48.7 Å². The van der Waals surface area contributed by atoms with Gasteiger partial charge in [-0.3, -0.25) is 9.19 Å². The van der Waals surface area contributed by atoms with Gasteiger partial charge < -0.3 is 4.74 Å². The fraction of sp³-hybridized carbons (Fsp3) is 0.200. The molecule has 1 heterocycles. The molecule has 1 aromatic heterocycles. The Bertz CT molecular complexity index is 614. The SMILES string of the molecule is CS(=O)Cc1cccc(C(=O)OCc2ccccn2)c1. The van der Waals surface area contributed by atoms with Gasteiger partial charge in [-0.15, -0.1) is 0 Å². The molecule has 0 aliphatic heterocycles. The van der Waals surface area contributed by atoms with Crippen molar-refractivity contribution in [3.8, 4) is 0 Å². The summed E-state index contributed by atoms with van der Waals surface area (Å²) in [5.41, 5.74) is 2.02. The summed E-state index contributed by atoms with van der Waals surface area (Å²) in [4.78, 5) is 16.0. The van der Waals surface area contributed by atoms with Crippen molar-refractivity contribution in [3.63, 3.8) is 0 Å². The van der Waals surface area contributed by atoms with Crippen molar-refractivity contribution >= 4 is 16.8 Å². The van der Waals surface area contributed by atoms with Gasteiger partial charge in [0.25, 0.3) is 0 Å². The van der Waals surface area contributed by atoms with E-state index in [0.717, 1.165) is 5.56 Å². The van der Waals surface area contributed by atoms with Gasteiger partial charge in [0.1, 0.15) is 6.61 Å². The Morgan fingerprint density at radius 2 is 2.10 bits per heavy atom. The lowest BCUT2D eigenvalue weighted by Gasteiger charge is -2.05. The predicted molar refractivity (Wildman–Crippen MR) is 77.6 cm³/mol. The molecular formula is C15H15NO3S. The summed E-state index contributed by atoms with van der Waals surface area (Å²) in [7, 11) is -0.934. The highest BCUT2D eigenvalue weighted by molar-refractivity contribution is 7.83. The second kappa shape index (κ2) is 6.96. The highest BCUT2D eigenvalue weighted by Gasteiger charge is 2.09. The highest BCUT2D eigenvalue weighted by Crippen LogP contribution is 2.10. The van der Waals surface area contributed by atoms with Crippen LogP contribution in [0.3, 0.4) is 0 Å². The van der Waals surface area contributed by atoms with E-state index in [2.05, 4.69) is 4.98 Å². The zero-order valence-corrected chi connectivity index (χ0v) is 11.9. The van der Waals surface area contributed by atoms with E-state index >= 15 is 0 Å². The molecule has 0 radical (unpaired) electrons. The Balaban J connectivity index is 2.00. The lowest BCUT2D eigenvalue weighted by molar-refractivity contribution is 0.0467. The predicted octanol–water partition coefficient (Wildman–Crippen LogP) is 2.32. The topological polar surface area (TPSA) is 56.3 Å². The van der Waals surface area contributed by atoms with E-state index in [1.807, 2.05) is 12.1 Å². The zero-order chi connectivity index (χ0) is 14.4. The van der Waals surface area contributed by atoms with Crippen molar-refractivity contribution < 1.29 is 13.7 Å². The molecule has 104 valence electrons. The normalized spacial score (nSPS) is 11.8. The van der Waals surface area contributed by atoms with Gasteiger partial charge in [0, 0.05) is 29.0 Å². The third-order valence-electron chi connectivity index (χ3n) is 2.61. The monoisotopic (exact) mass is 289 g/mol. The Labute approximate surface area is 120 Å². The van der Waals surface area contributed by atoms with E-state index in [1.54, 1.807) is 42.8 Å². The van der Waals surface area contributed by atoms with Gasteiger partial charge in [-0.05, 0) is 29.8 Å². The Hall–Kier alpha value is -2.01. The van der Waals surface area contributed by atoms with Crippen molar-refractivity contribution in [1.29, 1.82) is 0 Å². The molecule has 0 saturated carbocycles. The summed E-state index contributed by atoms with van der Waals surface area (Å²) >= 11 is 0. The van der Waals surface area contributed by atoms with Gasteiger partial charge in [-0.2, -0.15) is 0 Å². The molecule has 5 heteroatoms. The average Bonchev–Trinajstić information content (AvgIpc) is 2.45. The molecule has 4 nitrogen and oxygen atoms in total. The first kappa shape index (κ1) is 14.4. The molecule has 0 amide bonds. The number of rotatable bonds is 5. The van der Waals surface area contributed by atoms with Gasteiger partial charge in [0.05, 0.1) is 11.3 Å². The minimum Gasteiger partial charge on any atom is -0.456 e. The number of hydrogen-bond acceptors (Lipinski definition) is 4. The summed E-state index contributed by atoms with van der Waals surface area (Å²) in [5.74, 6) is 0.0286. The second-order valence-electron chi connectivity index (χ2n) is 4.32. The van der Waals surface area contributed by atoms with Crippen LogP contribution in [-0.4, -0.2) is 21.4 Å². The molecule has 0 saturated heterocycles. The van der Waals surface area contributed by atoms with Crippen LogP contribution < -0.4 is 0 Å². The van der Waals surface area contributed by atoms with Gasteiger partial charge in [0.2, 0.25) is 0 Å². The first-order valence-electron chi connectivity index (χ1n) is 6.11. The first-order valence-corrected chi connectivity index (χ1v) is 7.84. The van der Waals surface area contributed by atoms with Gasteiger partial charge in [-0.1, -0.05) is 18.2 Å². The number of pyridine rings is 1. The molecule has 2 aromatic rings. The third kappa shape index (κ3) is 4.28. The maximum Gasteiger partial charge on any atom is 0.338 e. The van der Waals surface area contributed by atoms with Crippen LogP contribution in [0.2, 0.25) is 0 Å². The van der Waals surface area contributed by atoms with E-state index in [9.17, 15) is 9.00 Å². The number of ether oxygens (including phenoxy) is 1. The fourth-order valence-corrected chi connectivity index (χ4v) is 2.38. The molecule has 0 aliphatic carbocycles. The molecule has 1 atom stereocenters. The van der Waals surface area contributed by atoms with E-state index in [1.165, 1.54) is 0 Å². The van der Waals surface area contributed by atoms with Crippen LogP contribution in [-0.2, 0) is 27.9 Å². The fourth-order valence-electron chi connectivity index (χ4n) is 1.73. The van der Waals surface area contributed by atoms with E-state index in [4.69, 9.17) is 4.74 Å². The van der Waals surface area contributed by atoms with Gasteiger partial charge in [0.15, 0.2) is 0 Å². The van der Waals surface area contributed by atoms with Crippen molar-refractivity contribution in [2.75, 3.05) is 6.26 Å². The van der Waals surface area contributed by atoms with Gasteiger partial charge in [-0.25, -0.2) is 4.79 Å². The van der Waals surface area contributed by atoms with Crippen LogP contribution >= 0.6 is 0 Å². The highest BCUT2D eigenvalue weighted by atomic mass is 32.2. The van der Waals surface area contributed by atoms with Crippen LogP contribution in [0.4, 0.5) is 0 Å². The summed E-state index contributed by atoms with van der Waals surface area (Å²) in [6.07, 6.45) is 3.28. The van der Waals surface area contributed by atoms with E-state index in [0.29, 0.717) is 17.0 Å². The number of carbonyl (C=O) groups excluding carboxylic acids is 1. The Morgan fingerprint density at radius 3 is 2.80 bits per heavy atom. The number of carbonyl (C=O) groups is 1. The van der Waals surface area contributed by atoms with Crippen molar-refractivity contribution in [2.24, 2.45) is 0 Å². The van der Waals surface area contributed by atoms with Crippen LogP contribution in [0.1, 0.15) is 21.6 Å². The summed E-state index contributed by atoms with van der Waals surface area (Å²) in [5, 5.41) is 0. The van der Waals surface area contributed by atoms with Crippen LogP contribution in [0.5, 0.6) is 0 Å². The maximum absolute atomic E-state index is 11.9. The van der Waals surface area contributed by atoms with Gasteiger partial charge >= 0.3 is 5.97 Å². The molecule has 0 bridgehead atoms. The molecular weight excluding hydrogens is 274 g/mol. The number of benzene rings is 1. The molecule has 1 aromatic carbocycles. The second-order valence-corrected chi connectivity index (χ2v) is 5.75. The van der Waals surface area contributed by atoms with E-state index in [-0.39, 0.29) is 6.61 Å². The standard InChI is InChI=1S/C15H15NO3S/c1-20(18)11-12-5-4-6-13(9-12)15(17)19-10-14-7-2-3-8-16-14/h2-9H,10-11H2,1H3. The first-order chi connectivity index (χ1) is 9.65. The van der Waals surface area contributed by atoms with E-state index < -0.39 is 16.8 Å². The number of nitrogens with zero attached hydrogens (tertiary/aromatic N) is 1.